The summed E-state index contributed by atoms with van der Waals surface area (Å²) in [5, 5.41) is 3.52. The predicted molar refractivity (Wildman–Crippen MR) is 126 cm³/mol. The van der Waals surface area contributed by atoms with Crippen LogP contribution in [0.1, 0.15) is 38.6 Å². The number of amides is 2. The first-order valence-corrected chi connectivity index (χ1v) is 11.1. The summed E-state index contributed by atoms with van der Waals surface area (Å²) in [4.78, 5) is 31.7. The molecule has 0 aliphatic rings. The zero-order valence-corrected chi connectivity index (χ0v) is 19.4. The molecule has 8 heteroatoms. The minimum Gasteiger partial charge on any atom is -0.484 e. The Morgan fingerprint density at radius 3 is 2.62 bits per heavy atom. The van der Waals surface area contributed by atoms with Gasteiger partial charge in [-0.1, -0.05) is 37.1 Å². The Morgan fingerprint density at radius 1 is 1.19 bits per heavy atom. The van der Waals surface area contributed by atoms with Crippen molar-refractivity contribution in [3.8, 4) is 5.75 Å². The number of imidazole rings is 1. The van der Waals surface area contributed by atoms with E-state index in [2.05, 4.69) is 12.2 Å². The molecule has 1 heterocycles. The second-order valence-electron chi connectivity index (χ2n) is 7.75. The first-order valence-electron chi connectivity index (χ1n) is 10.8. The maximum Gasteiger partial charge on any atom is 0.258 e. The lowest BCUT2D eigenvalue weighted by molar-refractivity contribution is -0.130. The largest absolute Gasteiger partial charge is 0.484 e. The Bertz CT molecular complexity index is 1060. The van der Waals surface area contributed by atoms with E-state index in [0.717, 1.165) is 23.9 Å². The molecular formula is C24H29ClN4O3. The molecule has 0 fully saturated rings. The van der Waals surface area contributed by atoms with Gasteiger partial charge >= 0.3 is 0 Å². The number of hydrogen-bond donors (Lipinski definition) is 1. The molecule has 7 nitrogen and oxygen atoms in total. The second kappa shape index (κ2) is 11.0. The number of para-hydroxylation sites is 2. The third-order valence-electron chi connectivity index (χ3n) is 5.20. The van der Waals surface area contributed by atoms with Crippen LogP contribution in [0.3, 0.4) is 0 Å². The summed E-state index contributed by atoms with van der Waals surface area (Å²) < 4.78 is 7.40. The van der Waals surface area contributed by atoms with Gasteiger partial charge in [0.25, 0.3) is 5.91 Å². The minimum absolute atomic E-state index is 0.00690. The number of fused-ring (bicyclic) bond motifs is 1. The summed E-state index contributed by atoms with van der Waals surface area (Å²) >= 11 is 5.87. The number of benzene rings is 2. The fourth-order valence-corrected chi connectivity index (χ4v) is 3.52. The fraction of sp³-hybridized carbons (Fsp3) is 0.375. The SMILES string of the molecule is CCCCN(C)C(=O)Cn1c(C(C)NC(=O)COc2ccc(Cl)cc2)nc2ccccc21. The van der Waals surface area contributed by atoms with Crippen molar-refractivity contribution in [3.05, 3.63) is 59.4 Å². The third kappa shape index (κ3) is 6.01. The number of hydrogen-bond acceptors (Lipinski definition) is 4. The van der Waals surface area contributed by atoms with E-state index >= 15 is 0 Å². The lowest BCUT2D eigenvalue weighted by Crippen LogP contribution is -2.35. The highest BCUT2D eigenvalue weighted by Gasteiger charge is 2.21. The van der Waals surface area contributed by atoms with Crippen LogP contribution in [0, 0.1) is 0 Å². The van der Waals surface area contributed by atoms with Crippen molar-refractivity contribution in [2.24, 2.45) is 0 Å². The van der Waals surface area contributed by atoms with E-state index in [9.17, 15) is 9.59 Å². The molecule has 0 radical (unpaired) electrons. The molecule has 32 heavy (non-hydrogen) atoms. The van der Waals surface area contributed by atoms with Crippen LogP contribution in [0.25, 0.3) is 11.0 Å². The molecule has 0 saturated carbocycles. The van der Waals surface area contributed by atoms with Crippen molar-refractivity contribution in [3.63, 3.8) is 0 Å². The predicted octanol–water partition coefficient (Wildman–Crippen LogP) is 4.20. The maximum atomic E-state index is 12.8. The van der Waals surface area contributed by atoms with Crippen LogP contribution in [-0.4, -0.2) is 46.5 Å². The van der Waals surface area contributed by atoms with Crippen molar-refractivity contribution in [2.75, 3.05) is 20.2 Å². The third-order valence-corrected chi connectivity index (χ3v) is 5.45. The molecule has 3 rings (SSSR count). The van der Waals surface area contributed by atoms with Crippen LogP contribution in [0.4, 0.5) is 0 Å². The topological polar surface area (TPSA) is 76.5 Å². The van der Waals surface area contributed by atoms with Crippen molar-refractivity contribution in [2.45, 2.75) is 39.3 Å². The number of likely N-dealkylation sites (N-methyl/N-ethyl adjacent to an activating group) is 1. The average Bonchev–Trinajstić information content (AvgIpc) is 3.15. The summed E-state index contributed by atoms with van der Waals surface area (Å²) in [6.45, 7) is 4.69. The lowest BCUT2D eigenvalue weighted by atomic mass is 10.3. The standard InChI is InChI=1S/C24H29ClN4O3/c1-4-5-14-28(3)23(31)15-29-21-9-7-6-8-20(21)27-24(29)17(2)26-22(30)16-32-19-12-10-18(25)11-13-19/h6-13,17H,4-5,14-16H2,1-3H3,(H,26,30). The molecule has 0 aliphatic heterocycles. The van der Waals surface area contributed by atoms with Crippen LogP contribution in [0.5, 0.6) is 5.75 Å². The number of nitrogens with one attached hydrogen (secondary N) is 1. The number of halogens is 1. The van der Waals surface area contributed by atoms with E-state index < -0.39 is 6.04 Å². The number of carbonyl (C=O) groups excluding carboxylic acids is 2. The first kappa shape index (κ1) is 23.6. The van der Waals surface area contributed by atoms with Gasteiger partial charge in [-0.25, -0.2) is 4.98 Å². The molecule has 1 aromatic heterocycles. The van der Waals surface area contributed by atoms with Crippen LogP contribution < -0.4 is 10.1 Å². The quantitative estimate of drug-likeness (QED) is 0.496. The Labute approximate surface area is 193 Å². The number of ether oxygens (including phenoxy) is 1. The molecule has 170 valence electrons. The molecule has 0 bridgehead atoms. The van der Waals surface area contributed by atoms with Crippen molar-refractivity contribution < 1.29 is 14.3 Å². The zero-order valence-electron chi connectivity index (χ0n) is 18.7. The van der Waals surface area contributed by atoms with Crippen LogP contribution in [0.15, 0.2) is 48.5 Å². The average molecular weight is 457 g/mol. The van der Waals surface area contributed by atoms with E-state index in [4.69, 9.17) is 21.3 Å². The number of carbonyl (C=O) groups is 2. The molecule has 2 aromatic carbocycles. The second-order valence-corrected chi connectivity index (χ2v) is 8.18. The van der Waals surface area contributed by atoms with Gasteiger partial charge in [-0.05, 0) is 49.7 Å². The Hall–Kier alpha value is -3.06. The molecule has 3 aromatic rings. The molecule has 1 unspecified atom stereocenters. The minimum atomic E-state index is -0.405. The van der Waals surface area contributed by atoms with Crippen molar-refractivity contribution >= 4 is 34.4 Å². The van der Waals surface area contributed by atoms with Crippen LogP contribution >= 0.6 is 11.6 Å². The number of nitrogens with zero attached hydrogens (tertiary/aromatic N) is 3. The Balaban J connectivity index is 1.72. The summed E-state index contributed by atoms with van der Waals surface area (Å²) in [7, 11) is 1.82. The zero-order chi connectivity index (χ0) is 23.1. The normalized spacial score (nSPS) is 11.9. The maximum absolute atomic E-state index is 12.8. The van der Waals surface area contributed by atoms with Gasteiger partial charge in [0.1, 0.15) is 18.1 Å². The fourth-order valence-electron chi connectivity index (χ4n) is 3.39. The van der Waals surface area contributed by atoms with E-state index in [-0.39, 0.29) is 25.0 Å². The highest BCUT2D eigenvalue weighted by molar-refractivity contribution is 6.30. The highest BCUT2D eigenvalue weighted by atomic mass is 35.5. The molecule has 0 spiro atoms. The molecule has 1 N–H and O–H groups in total. The monoisotopic (exact) mass is 456 g/mol. The van der Waals surface area contributed by atoms with Gasteiger partial charge in [-0.3, -0.25) is 9.59 Å². The highest BCUT2D eigenvalue weighted by Crippen LogP contribution is 2.21. The van der Waals surface area contributed by atoms with E-state index in [1.807, 2.05) is 42.8 Å². The number of rotatable bonds is 10. The van der Waals surface area contributed by atoms with Gasteiger partial charge in [0.15, 0.2) is 6.61 Å². The summed E-state index contributed by atoms with van der Waals surface area (Å²) in [5.74, 6) is 0.915. The van der Waals surface area contributed by atoms with E-state index in [1.165, 1.54) is 0 Å². The lowest BCUT2D eigenvalue weighted by Gasteiger charge is -2.20. The van der Waals surface area contributed by atoms with E-state index in [0.29, 0.717) is 23.1 Å². The first-order chi connectivity index (χ1) is 15.4. The van der Waals surface area contributed by atoms with Gasteiger partial charge in [0.05, 0.1) is 17.1 Å². The summed E-state index contributed by atoms with van der Waals surface area (Å²) in [6, 6.07) is 14.1. The summed E-state index contributed by atoms with van der Waals surface area (Å²) in [6.07, 6.45) is 1.98. The van der Waals surface area contributed by atoms with Gasteiger partial charge in [-0.15, -0.1) is 0 Å². The smallest absolute Gasteiger partial charge is 0.258 e. The van der Waals surface area contributed by atoms with E-state index in [1.54, 1.807) is 29.2 Å². The molecule has 2 amide bonds. The summed E-state index contributed by atoms with van der Waals surface area (Å²) in [5.41, 5.74) is 1.64. The Morgan fingerprint density at radius 2 is 1.91 bits per heavy atom. The number of unbranched alkanes of at least 4 members (excludes halogenated alkanes) is 1. The van der Waals surface area contributed by atoms with Crippen molar-refractivity contribution in [1.82, 2.24) is 19.8 Å². The molecule has 1 atom stereocenters. The van der Waals surface area contributed by atoms with Crippen molar-refractivity contribution in [1.29, 1.82) is 0 Å². The Kier molecular flexibility index (Phi) is 8.11. The van der Waals surface area contributed by atoms with Crippen LogP contribution in [0.2, 0.25) is 5.02 Å². The van der Waals surface area contributed by atoms with Gasteiger partial charge < -0.3 is 19.5 Å². The van der Waals surface area contributed by atoms with Gasteiger partial charge in [-0.2, -0.15) is 0 Å². The van der Waals surface area contributed by atoms with Crippen LogP contribution in [-0.2, 0) is 16.1 Å². The molecule has 0 aliphatic carbocycles. The number of aromatic nitrogens is 2. The molecular weight excluding hydrogens is 428 g/mol. The van der Waals surface area contributed by atoms with Gasteiger partial charge in [0, 0.05) is 18.6 Å². The molecule has 0 saturated heterocycles. The van der Waals surface area contributed by atoms with Gasteiger partial charge in [0.2, 0.25) is 5.91 Å².